The Labute approximate surface area is 75.4 Å². The summed E-state index contributed by atoms with van der Waals surface area (Å²) in [5, 5.41) is 12.6. The predicted molar refractivity (Wildman–Crippen MR) is 51.1 cm³/mol. The maximum atomic E-state index is 9.30. The van der Waals surface area contributed by atoms with Crippen molar-refractivity contribution in [2.45, 2.75) is 51.2 Å². The highest BCUT2D eigenvalue weighted by atomic mass is 16.3. The Morgan fingerprint density at radius 1 is 1.33 bits per heavy atom. The SMILES string of the molecule is CNC(C)CC1CCC(O)CC1. The molecule has 12 heavy (non-hydrogen) atoms. The summed E-state index contributed by atoms with van der Waals surface area (Å²) in [6.45, 7) is 2.23. The van der Waals surface area contributed by atoms with E-state index in [1.54, 1.807) is 0 Å². The summed E-state index contributed by atoms with van der Waals surface area (Å²) >= 11 is 0. The van der Waals surface area contributed by atoms with E-state index in [-0.39, 0.29) is 6.10 Å². The first-order valence-electron chi connectivity index (χ1n) is 5.07. The largest absolute Gasteiger partial charge is 0.393 e. The zero-order valence-electron chi connectivity index (χ0n) is 8.21. The van der Waals surface area contributed by atoms with Gasteiger partial charge < -0.3 is 10.4 Å². The summed E-state index contributed by atoms with van der Waals surface area (Å²) in [6, 6.07) is 0.630. The van der Waals surface area contributed by atoms with Crippen LogP contribution in [0.25, 0.3) is 0 Å². The molecule has 1 fully saturated rings. The van der Waals surface area contributed by atoms with Crippen LogP contribution in [-0.2, 0) is 0 Å². The summed E-state index contributed by atoms with van der Waals surface area (Å²) in [5.74, 6) is 0.843. The summed E-state index contributed by atoms with van der Waals surface area (Å²) in [4.78, 5) is 0. The van der Waals surface area contributed by atoms with E-state index < -0.39 is 0 Å². The second kappa shape index (κ2) is 4.83. The van der Waals surface area contributed by atoms with E-state index in [9.17, 15) is 5.11 Å². The van der Waals surface area contributed by atoms with Gasteiger partial charge in [0.1, 0.15) is 0 Å². The smallest absolute Gasteiger partial charge is 0.0540 e. The molecule has 0 amide bonds. The lowest BCUT2D eigenvalue weighted by atomic mass is 9.84. The third kappa shape index (κ3) is 3.11. The Bertz CT molecular complexity index is 119. The molecule has 0 bridgehead atoms. The molecule has 2 heteroatoms. The molecule has 0 heterocycles. The molecule has 1 rings (SSSR count). The molecule has 2 N–H and O–H groups in total. The van der Waals surface area contributed by atoms with Crippen LogP contribution in [0.1, 0.15) is 39.0 Å². The van der Waals surface area contributed by atoms with Gasteiger partial charge in [-0.1, -0.05) is 0 Å². The van der Waals surface area contributed by atoms with Gasteiger partial charge in [0.25, 0.3) is 0 Å². The summed E-state index contributed by atoms with van der Waals surface area (Å²) in [7, 11) is 2.02. The van der Waals surface area contributed by atoms with Crippen molar-refractivity contribution in [2.24, 2.45) is 5.92 Å². The quantitative estimate of drug-likeness (QED) is 0.675. The zero-order chi connectivity index (χ0) is 8.97. The molecule has 1 saturated carbocycles. The van der Waals surface area contributed by atoms with E-state index >= 15 is 0 Å². The fourth-order valence-electron chi connectivity index (χ4n) is 2.00. The first kappa shape index (κ1) is 10.0. The van der Waals surface area contributed by atoms with Gasteiger partial charge >= 0.3 is 0 Å². The lowest BCUT2D eigenvalue weighted by molar-refractivity contribution is 0.104. The Kier molecular flexibility index (Phi) is 4.02. The lowest BCUT2D eigenvalue weighted by Crippen LogP contribution is -2.27. The zero-order valence-corrected chi connectivity index (χ0v) is 8.21. The molecule has 2 nitrogen and oxygen atoms in total. The molecular formula is C10H21NO. The topological polar surface area (TPSA) is 32.3 Å². The molecule has 72 valence electrons. The van der Waals surface area contributed by atoms with Gasteiger partial charge in [-0.15, -0.1) is 0 Å². The number of hydrogen-bond acceptors (Lipinski definition) is 2. The Balaban J connectivity index is 2.17. The molecule has 0 aromatic carbocycles. The Hall–Kier alpha value is -0.0800. The maximum Gasteiger partial charge on any atom is 0.0540 e. The van der Waals surface area contributed by atoms with E-state index in [0.717, 1.165) is 18.8 Å². The normalized spacial score (nSPS) is 33.2. The maximum absolute atomic E-state index is 9.30. The van der Waals surface area contributed by atoms with E-state index in [4.69, 9.17) is 0 Å². The molecule has 1 atom stereocenters. The number of aliphatic hydroxyl groups is 1. The number of nitrogens with one attached hydrogen (secondary N) is 1. The van der Waals surface area contributed by atoms with Gasteiger partial charge in [0.05, 0.1) is 6.10 Å². The molecule has 0 radical (unpaired) electrons. The van der Waals surface area contributed by atoms with Gasteiger partial charge in [-0.05, 0) is 52.0 Å². The Morgan fingerprint density at radius 3 is 2.42 bits per heavy atom. The van der Waals surface area contributed by atoms with Crippen molar-refractivity contribution in [2.75, 3.05) is 7.05 Å². The van der Waals surface area contributed by atoms with Gasteiger partial charge in [-0.3, -0.25) is 0 Å². The molecule has 1 aliphatic rings. The third-order valence-corrected chi connectivity index (χ3v) is 3.00. The van der Waals surface area contributed by atoms with Gasteiger partial charge in [0.15, 0.2) is 0 Å². The fourth-order valence-corrected chi connectivity index (χ4v) is 2.00. The van der Waals surface area contributed by atoms with E-state index in [0.29, 0.717) is 6.04 Å². The van der Waals surface area contributed by atoms with Crippen LogP contribution in [0.2, 0.25) is 0 Å². The highest BCUT2D eigenvalue weighted by Crippen LogP contribution is 2.27. The van der Waals surface area contributed by atoms with Gasteiger partial charge in [0.2, 0.25) is 0 Å². The third-order valence-electron chi connectivity index (χ3n) is 3.00. The van der Waals surface area contributed by atoms with Crippen molar-refractivity contribution < 1.29 is 5.11 Å². The van der Waals surface area contributed by atoms with Crippen LogP contribution in [0, 0.1) is 5.92 Å². The second-order valence-corrected chi connectivity index (χ2v) is 4.10. The van der Waals surface area contributed by atoms with Crippen LogP contribution in [-0.4, -0.2) is 24.3 Å². The summed E-state index contributed by atoms with van der Waals surface area (Å²) in [6.07, 6.45) is 5.72. The summed E-state index contributed by atoms with van der Waals surface area (Å²) in [5.41, 5.74) is 0. The van der Waals surface area contributed by atoms with E-state index in [1.165, 1.54) is 19.3 Å². The number of aliphatic hydroxyl groups excluding tert-OH is 1. The van der Waals surface area contributed by atoms with E-state index in [1.807, 2.05) is 7.05 Å². The second-order valence-electron chi connectivity index (χ2n) is 4.10. The summed E-state index contributed by atoms with van der Waals surface area (Å²) < 4.78 is 0. The molecular weight excluding hydrogens is 150 g/mol. The highest BCUT2D eigenvalue weighted by molar-refractivity contribution is 4.74. The van der Waals surface area contributed by atoms with Crippen molar-refractivity contribution in [3.63, 3.8) is 0 Å². The van der Waals surface area contributed by atoms with Crippen molar-refractivity contribution in [3.05, 3.63) is 0 Å². The van der Waals surface area contributed by atoms with Crippen LogP contribution < -0.4 is 5.32 Å². The highest BCUT2D eigenvalue weighted by Gasteiger charge is 2.20. The number of rotatable bonds is 3. The predicted octanol–water partition coefficient (Wildman–Crippen LogP) is 1.54. The molecule has 1 unspecified atom stereocenters. The van der Waals surface area contributed by atoms with Crippen molar-refractivity contribution in [3.8, 4) is 0 Å². The molecule has 1 aliphatic carbocycles. The molecule has 0 spiro atoms. The van der Waals surface area contributed by atoms with Crippen LogP contribution in [0.5, 0.6) is 0 Å². The average Bonchev–Trinajstić information content (AvgIpc) is 2.09. The minimum atomic E-state index is -0.00820. The molecule has 0 aromatic heterocycles. The lowest BCUT2D eigenvalue weighted by Gasteiger charge is -2.27. The first-order valence-corrected chi connectivity index (χ1v) is 5.07. The fraction of sp³-hybridized carbons (Fsp3) is 1.00. The van der Waals surface area contributed by atoms with Crippen LogP contribution in [0.3, 0.4) is 0 Å². The minimum absolute atomic E-state index is 0.00820. The first-order chi connectivity index (χ1) is 5.72. The minimum Gasteiger partial charge on any atom is -0.393 e. The van der Waals surface area contributed by atoms with Crippen molar-refractivity contribution in [1.29, 1.82) is 0 Å². The van der Waals surface area contributed by atoms with Crippen molar-refractivity contribution in [1.82, 2.24) is 5.32 Å². The molecule has 0 aliphatic heterocycles. The van der Waals surface area contributed by atoms with E-state index in [2.05, 4.69) is 12.2 Å². The number of hydrogen-bond donors (Lipinski definition) is 2. The molecule has 0 aromatic rings. The Morgan fingerprint density at radius 2 is 1.92 bits per heavy atom. The van der Waals surface area contributed by atoms with Crippen LogP contribution in [0.15, 0.2) is 0 Å². The van der Waals surface area contributed by atoms with Gasteiger partial charge in [-0.2, -0.15) is 0 Å². The van der Waals surface area contributed by atoms with Gasteiger partial charge in [-0.25, -0.2) is 0 Å². The van der Waals surface area contributed by atoms with Crippen molar-refractivity contribution >= 4 is 0 Å². The average molecular weight is 171 g/mol. The van der Waals surface area contributed by atoms with Gasteiger partial charge in [0, 0.05) is 6.04 Å². The monoisotopic (exact) mass is 171 g/mol. The standard InChI is InChI=1S/C10H21NO/c1-8(11-2)7-9-3-5-10(12)6-4-9/h8-12H,3-7H2,1-2H3. The molecule has 0 saturated heterocycles. The van der Waals surface area contributed by atoms with Crippen LogP contribution in [0.4, 0.5) is 0 Å². The van der Waals surface area contributed by atoms with Crippen LogP contribution >= 0.6 is 0 Å².